The van der Waals surface area contributed by atoms with Gasteiger partial charge in [0.2, 0.25) is 0 Å². The van der Waals surface area contributed by atoms with Gasteiger partial charge in [-0.25, -0.2) is 14.3 Å². The number of alkyl halides is 3. The van der Waals surface area contributed by atoms with E-state index in [1.165, 1.54) is 53.2 Å². The zero-order chi connectivity index (χ0) is 22.9. The van der Waals surface area contributed by atoms with Crippen LogP contribution in [-0.4, -0.2) is 32.3 Å². The molecule has 32 heavy (non-hydrogen) atoms. The fourth-order valence-corrected chi connectivity index (χ4v) is 3.08. The maximum Gasteiger partial charge on any atom is 0.443 e. The maximum absolute atomic E-state index is 14.2. The van der Waals surface area contributed by atoms with Crippen molar-refractivity contribution in [3.63, 3.8) is 0 Å². The quantitative estimate of drug-likeness (QED) is 0.314. The highest BCUT2D eigenvalue weighted by molar-refractivity contribution is 5.86. The lowest BCUT2D eigenvalue weighted by Gasteiger charge is -2.11. The second kappa shape index (κ2) is 8.25. The number of carbonyl (C=O) groups excluding carboxylic acids is 1. The number of nitrogens with zero attached hydrogens (tertiary/aromatic N) is 5. The van der Waals surface area contributed by atoms with Crippen LogP contribution in [0.4, 0.5) is 28.1 Å². The van der Waals surface area contributed by atoms with Crippen LogP contribution < -0.4 is 5.12 Å². The number of ether oxygens (including phenoxy) is 1. The molecule has 0 unspecified atom stereocenters. The van der Waals surface area contributed by atoms with E-state index >= 15 is 0 Å². The molecule has 4 rings (SSSR count). The number of fused-ring (bicyclic) bond motifs is 1. The van der Waals surface area contributed by atoms with E-state index in [9.17, 15) is 22.4 Å². The summed E-state index contributed by atoms with van der Waals surface area (Å²) < 4.78 is 60.1. The highest BCUT2D eigenvalue weighted by Crippen LogP contribution is 2.34. The Labute approximate surface area is 178 Å². The standard InChI is InChI=1S/C21H15F4N5O2/c1-2-32-20(31)30(25)14-6-3-5-13(11-14)17-12-29-18(27-17)9-8-16(28-29)15-7-4-10-26-19(15)21(22,23)24/h3-12H,2H2,1H3. The van der Waals surface area contributed by atoms with E-state index in [1.807, 2.05) is 0 Å². The molecule has 0 radical (unpaired) electrons. The first-order chi connectivity index (χ1) is 15.3. The van der Waals surface area contributed by atoms with Crippen LogP contribution in [0.5, 0.6) is 0 Å². The molecule has 0 saturated heterocycles. The topological polar surface area (TPSA) is 72.6 Å². The van der Waals surface area contributed by atoms with Crippen molar-refractivity contribution < 1.29 is 27.2 Å². The summed E-state index contributed by atoms with van der Waals surface area (Å²) >= 11 is 0. The molecule has 11 heteroatoms. The molecule has 3 aromatic heterocycles. The van der Waals surface area contributed by atoms with E-state index in [2.05, 4.69) is 19.8 Å². The number of halogens is 4. The molecular weight excluding hydrogens is 430 g/mol. The maximum atomic E-state index is 14.2. The molecule has 0 aliphatic rings. The molecular formula is C21H15F4N5O2. The van der Waals surface area contributed by atoms with Crippen LogP contribution in [0.25, 0.3) is 28.2 Å². The molecule has 0 atom stereocenters. The smallest absolute Gasteiger partial charge is 0.443 e. The van der Waals surface area contributed by atoms with Crippen LogP contribution in [0.3, 0.4) is 0 Å². The molecule has 3 heterocycles. The van der Waals surface area contributed by atoms with Gasteiger partial charge >= 0.3 is 12.3 Å². The first kappa shape index (κ1) is 21.2. The van der Waals surface area contributed by atoms with Crippen LogP contribution in [0.1, 0.15) is 12.6 Å². The summed E-state index contributed by atoms with van der Waals surface area (Å²) in [5, 5.41) is 4.11. The first-order valence-corrected chi connectivity index (χ1v) is 9.40. The molecule has 1 amide bonds. The van der Waals surface area contributed by atoms with Gasteiger partial charge in [0.1, 0.15) is 0 Å². The lowest BCUT2D eigenvalue weighted by Crippen LogP contribution is -2.22. The molecule has 1 aromatic carbocycles. The molecule has 0 bridgehead atoms. The lowest BCUT2D eigenvalue weighted by atomic mass is 10.1. The van der Waals surface area contributed by atoms with Crippen molar-refractivity contribution in [2.75, 3.05) is 11.7 Å². The van der Waals surface area contributed by atoms with Crippen molar-refractivity contribution in [1.82, 2.24) is 19.6 Å². The largest absolute Gasteiger partial charge is 0.448 e. The minimum atomic E-state index is -4.63. The number of benzene rings is 1. The first-order valence-electron chi connectivity index (χ1n) is 9.40. The summed E-state index contributed by atoms with van der Waals surface area (Å²) in [5.41, 5.74) is 0.0252. The van der Waals surface area contributed by atoms with Gasteiger partial charge in [-0.3, -0.25) is 4.98 Å². The van der Waals surface area contributed by atoms with Gasteiger partial charge in [0.15, 0.2) is 11.3 Å². The van der Waals surface area contributed by atoms with E-state index in [1.54, 1.807) is 13.0 Å². The number of rotatable bonds is 4. The third kappa shape index (κ3) is 4.09. The van der Waals surface area contributed by atoms with Crippen LogP contribution in [0.15, 0.2) is 60.9 Å². The summed E-state index contributed by atoms with van der Waals surface area (Å²) in [4.78, 5) is 19.4. The summed E-state index contributed by atoms with van der Waals surface area (Å²) in [6.45, 7) is 1.58. The summed E-state index contributed by atoms with van der Waals surface area (Å²) in [5.74, 6) is 0. The van der Waals surface area contributed by atoms with Gasteiger partial charge in [-0.05, 0) is 43.3 Å². The van der Waals surface area contributed by atoms with Crippen molar-refractivity contribution in [3.8, 4) is 22.5 Å². The van der Waals surface area contributed by atoms with Gasteiger partial charge in [-0.1, -0.05) is 16.6 Å². The number of hydrogen-bond donors (Lipinski definition) is 0. The van der Waals surface area contributed by atoms with Crippen LogP contribution in [-0.2, 0) is 10.9 Å². The third-order valence-corrected chi connectivity index (χ3v) is 4.47. The number of aromatic nitrogens is 4. The molecule has 0 spiro atoms. The van der Waals surface area contributed by atoms with E-state index in [0.717, 1.165) is 6.20 Å². The van der Waals surface area contributed by atoms with Crippen LogP contribution in [0, 0.1) is 0 Å². The number of pyridine rings is 1. The van der Waals surface area contributed by atoms with Gasteiger partial charge in [0.25, 0.3) is 0 Å². The predicted molar refractivity (Wildman–Crippen MR) is 107 cm³/mol. The number of hydrogen-bond acceptors (Lipinski definition) is 5. The zero-order valence-corrected chi connectivity index (χ0v) is 16.5. The highest BCUT2D eigenvalue weighted by atomic mass is 19.4. The van der Waals surface area contributed by atoms with E-state index in [0.29, 0.717) is 16.9 Å². The van der Waals surface area contributed by atoms with E-state index < -0.39 is 18.0 Å². The zero-order valence-electron chi connectivity index (χ0n) is 16.5. The number of amides is 1. The van der Waals surface area contributed by atoms with Gasteiger partial charge in [-0.2, -0.15) is 18.3 Å². The fraction of sp³-hybridized carbons (Fsp3) is 0.143. The van der Waals surface area contributed by atoms with Crippen molar-refractivity contribution in [2.24, 2.45) is 0 Å². The van der Waals surface area contributed by atoms with Gasteiger partial charge < -0.3 is 4.74 Å². The predicted octanol–water partition coefficient (Wildman–Crippen LogP) is 5.32. The minimum Gasteiger partial charge on any atom is -0.448 e. The normalized spacial score (nSPS) is 11.5. The van der Waals surface area contributed by atoms with E-state index in [4.69, 9.17) is 0 Å². The summed E-state index contributed by atoms with van der Waals surface area (Å²) in [6.07, 6.45) is -3.22. The Bertz CT molecular complexity index is 1290. The van der Waals surface area contributed by atoms with Crippen molar-refractivity contribution in [3.05, 3.63) is 66.6 Å². The number of carbonyl (C=O) groups is 1. The van der Waals surface area contributed by atoms with Crippen LogP contribution in [0.2, 0.25) is 0 Å². The van der Waals surface area contributed by atoms with Crippen LogP contribution >= 0.6 is 0 Å². The Hall–Kier alpha value is -4.02. The Morgan fingerprint density at radius 2 is 1.94 bits per heavy atom. The molecule has 0 saturated carbocycles. The monoisotopic (exact) mass is 445 g/mol. The Morgan fingerprint density at radius 1 is 1.12 bits per heavy atom. The molecule has 164 valence electrons. The second-order valence-electron chi connectivity index (χ2n) is 6.57. The number of anilines is 1. The molecule has 0 aliphatic carbocycles. The molecule has 7 nitrogen and oxygen atoms in total. The highest BCUT2D eigenvalue weighted by Gasteiger charge is 2.35. The number of imidazole rings is 1. The average molecular weight is 445 g/mol. The molecule has 0 aliphatic heterocycles. The van der Waals surface area contributed by atoms with Crippen molar-refractivity contribution in [1.29, 1.82) is 0 Å². The third-order valence-electron chi connectivity index (χ3n) is 4.47. The van der Waals surface area contributed by atoms with Gasteiger partial charge in [0.05, 0.1) is 29.9 Å². The van der Waals surface area contributed by atoms with Gasteiger partial charge in [-0.15, -0.1) is 5.12 Å². The van der Waals surface area contributed by atoms with Gasteiger partial charge in [0, 0.05) is 17.3 Å². The summed E-state index contributed by atoms with van der Waals surface area (Å²) in [6, 6.07) is 11.6. The molecule has 0 fully saturated rings. The average Bonchev–Trinajstić information content (AvgIpc) is 3.22. The summed E-state index contributed by atoms with van der Waals surface area (Å²) in [7, 11) is 0. The Kier molecular flexibility index (Phi) is 5.47. The second-order valence-corrected chi connectivity index (χ2v) is 6.57. The van der Waals surface area contributed by atoms with Crippen molar-refractivity contribution in [2.45, 2.75) is 13.1 Å². The fourth-order valence-electron chi connectivity index (χ4n) is 3.08. The Morgan fingerprint density at radius 3 is 2.69 bits per heavy atom. The SMILES string of the molecule is CCOC(=O)N(F)c1cccc(-c2cn3nc(-c4cccnc4C(F)(F)F)ccc3n2)c1. The molecule has 4 aromatic rings. The van der Waals surface area contributed by atoms with Crippen molar-refractivity contribution >= 4 is 17.4 Å². The Balaban J connectivity index is 1.71. The van der Waals surface area contributed by atoms with E-state index in [-0.39, 0.29) is 28.7 Å². The molecule has 0 N–H and O–H groups in total. The minimum absolute atomic E-state index is 0.0202. The lowest BCUT2D eigenvalue weighted by molar-refractivity contribution is -0.140.